The average molecular weight is 110 g/mol. The summed E-state index contributed by atoms with van der Waals surface area (Å²) in [4.78, 5) is 0. The van der Waals surface area contributed by atoms with E-state index in [-0.39, 0.29) is 0 Å². The second kappa shape index (κ2) is 1.73. The van der Waals surface area contributed by atoms with Gasteiger partial charge in [0, 0.05) is 12.6 Å². The molecule has 0 amide bonds. The Morgan fingerprint density at radius 3 is 2.00 bits per heavy atom. The van der Waals surface area contributed by atoms with E-state index in [2.05, 4.69) is 11.9 Å². The molecule has 2 heterocycles. The summed E-state index contributed by atoms with van der Waals surface area (Å²) in [6.07, 6.45) is 5.72. The smallest absolute Gasteiger partial charge is 0.0254 e. The van der Waals surface area contributed by atoms with E-state index in [1.54, 1.807) is 0 Å². The van der Waals surface area contributed by atoms with Crippen LogP contribution >= 0.6 is 0 Å². The third-order valence-corrected chi connectivity index (χ3v) is 2.34. The molecule has 0 atom stereocenters. The Bertz CT molecular complexity index is 59.4. The van der Waals surface area contributed by atoms with Crippen molar-refractivity contribution in [3.63, 3.8) is 0 Å². The fourth-order valence-electron chi connectivity index (χ4n) is 1.72. The summed E-state index contributed by atoms with van der Waals surface area (Å²) in [5, 5.41) is 3.39. The standard InChI is InChI=1S/C7H12N/c1-3-7-4-2-6(1)5-8-7/h5-8H,1-4H2. The van der Waals surface area contributed by atoms with Crippen LogP contribution < -0.4 is 5.32 Å². The molecule has 3 rings (SSSR count). The molecule has 1 nitrogen and oxygen atoms in total. The number of fused-ring (bicyclic) bond motifs is 3. The van der Waals surface area contributed by atoms with Gasteiger partial charge >= 0.3 is 0 Å². The Labute approximate surface area is 50.5 Å². The van der Waals surface area contributed by atoms with Crippen LogP contribution in [-0.2, 0) is 0 Å². The predicted octanol–water partition coefficient (Wildman–Crippen LogP) is 1.31. The van der Waals surface area contributed by atoms with Gasteiger partial charge in [0.25, 0.3) is 0 Å². The zero-order valence-corrected chi connectivity index (χ0v) is 5.06. The lowest BCUT2D eigenvalue weighted by Gasteiger charge is -2.36. The van der Waals surface area contributed by atoms with Crippen molar-refractivity contribution in [3.05, 3.63) is 6.54 Å². The van der Waals surface area contributed by atoms with Gasteiger partial charge in [0.1, 0.15) is 0 Å². The molecule has 1 N–H and O–H groups in total. The lowest BCUT2D eigenvalue weighted by atomic mass is 9.82. The molecule has 1 saturated carbocycles. The number of rotatable bonds is 0. The van der Waals surface area contributed by atoms with Gasteiger partial charge in [0.05, 0.1) is 0 Å². The molecule has 3 aliphatic rings. The van der Waals surface area contributed by atoms with E-state index in [0.717, 1.165) is 12.0 Å². The molecule has 0 aromatic rings. The molecular weight excluding hydrogens is 98.1 g/mol. The van der Waals surface area contributed by atoms with Crippen LogP contribution in [0.1, 0.15) is 25.7 Å². The highest BCUT2D eigenvalue weighted by Gasteiger charge is 2.26. The van der Waals surface area contributed by atoms with Crippen molar-refractivity contribution in [2.24, 2.45) is 5.92 Å². The van der Waals surface area contributed by atoms with Crippen LogP contribution in [0.2, 0.25) is 0 Å². The van der Waals surface area contributed by atoms with E-state index in [4.69, 9.17) is 0 Å². The van der Waals surface area contributed by atoms with E-state index in [1.807, 2.05) is 0 Å². The molecule has 0 unspecified atom stereocenters. The summed E-state index contributed by atoms with van der Waals surface area (Å²) in [7, 11) is 0. The number of hydrogen-bond acceptors (Lipinski definition) is 1. The first-order chi connectivity index (χ1) is 3.95. The molecule has 1 radical (unpaired) electrons. The van der Waals surface area contributed by atoms with E-state index < -0.39 is 0 Å². The quantitative estimate of drug-likeness (QED) is 0.495. The largest absolute Gasteiger partial charge is 0.309 e. The van der Waals surface area contributed by atoms with Gasteiger partial charge in [-0.3, -0.25) is 0 Å². The third kappa shape index (κ3) is 0.655. The van der Waals surface area contributed by atoms with Crippen molar-refractivity contribution >= 4 is 0 Å². The van der Waals surface area contributed by atoms with E-state index in [1.165, 1.54) is 25.7 Å². The van der Waals surface area contributed by atoms with Gasteiger partial charge in [-0.15, -0.1) is 0 Å². The zero-order chi connectivity index (χ0) is 5.40. The summed E-state index contributed by atoms with van der Waals surface area (Å²) in [5.41, 5.74) is 0. The molecule has 0 spiro atoms. The van der Waals surface area contributed by atoms with Crippen LogP contribution in [-0.4, -0.2) is 6.04 Å². The molecule has 2 saturated heterocycles. The number of piperidine rings is 2. The van der Waals surface area contributed by atoms with Crippen molar-refractivity contribution in [1.29, 1.82) is 0 Å². The second-order valence-electron chi connectivity index (χ2n) is 2.95. The van der Waals surface area contributed by atoms with Gasteiger partial charge in [-0.2, -0.15) is 0 Å². The topological polar surface area (TPSA) is 12.0 Å². The first-order valence-corrected chi connectivity index (χ1v) is 3.54. The molecule has 2 aliphatic heterocycles. The van der Waals surface area contributed by atoms with Crippen LogP contribution in [0.5, 0.6) is 0 Å². The molecule has 45 valence electrons. The molecule has 1 aliphatic carbocycles. The monoisotopic (exact) mass is 110 g/mol. The number of nitrogens with one attached hydrogen (secondary N) is 1. The lowest BCUT2D eigenvalue weighted by Crippen LogP contribution is -2.40. The molecule has 0 aromatic heterocycles. The summed E-state index contributed by atoms with van der Waals surface area (Å²) in [6.45, 7) is 2.29. The van der Waals surface area contributed by atoms with Crippen molar-refractivity contribution in [2.45, 2.75) is 31.7 Å². The Hall–Kier alpha value is -0.0400. The van der Waals surface area contributed by atoms with Crippen LogP contribution in [0.15, 0.2) is 0 Å². The highest BCUT2D eigenvalue weighted by molar-refractivity contribution is 4.91. The highest BCUT2D eigenvalue weighted by atomic mass is 14.9. The molecular formula is C7H12N. The minimum atomic E-state index is 0.847. The SMILES string of the molecule is [CH]1NC2CCC1CC2. The average Bonchev–Trinajstić information content (AvgIpc) is 1.92. The van der Waals surface area contributed by atoms with Crippen LogP contribution in [0, 0.1) is 12.5 Å². The van der Waals surface area contributed by atoms with Gasteiger partial charge in [-0.25, -0.2) is 0 Å². The van der Waals surface area contributed by atoms with Gasteiger partial charge in [0.15, 0.2) is 0 Å². The van der Waals surface area contributed by atoms with Gasteiger partial charge < -0.3 is 5.32 Å². The fraction of sp³-hybridized carbons (Fsp3) is 0.857. The first kappa shape index (κ1) is 4.80. The molecule has 3 fully saturated rings. The normalized spacial score (nSPS) is 45.0. The highest BCUT2D eigenvalue weighted by Crippen LogP contribution is 2.30. The lowest BCUT2D eigenvalue weighted by molar-refractivity contribution is 0.254. The summed E-state index contributed by atoms with van der Waals surface area (Å²) in [5.74, 6) is 0.917. The van der Waals surface area contributed by atoms with Crippen molar-refractivity contribution < 1.29 is 0 Å². The minimum Gasteiger partial charge on any atom is -0.309 e. The summed E-state index contributed by atoms with van der Waals surface area (Å²) < 4.78 is 0. The van der Waals surface area contributed by atoms with Crippen LogP contribution in [0.3, 0.4) is 0 Å². The summed E-state index contributed by atoms with van der Waals surface area (Å²) in [6, 6.07) is 0.847. The molecule has 0 aromatic carbocycles. The molecule has 2 bridgehead atoms. The van der Waals surface area contributed by atoms with Gasteiger partial charge in [-0.05, 0) is 31.6 Å². The predicted molar refractivity (Wildman–Crippen MR) is 33.2 cm³/mol. The molecule has 1 heteroatoms. The third-order valence-electron chi connectivity index (χ3n) is 2.34. The molecule has 8 heavy (non-hydrogen) atoms. The zero-order valence-electron chi connectivity index (χ0n) is 5.06. The van der Waals surface area contributed by atoms with Crippen molar-refractivity contribution in [2.75, 3.05) is 0 Å². The minimum absolute atomic E-state index is 0.847. The van der Waals surface area contributed by atoms with Crippen molar-refractivity contribution in [1.82, 2.24) is 5.32 Å². The Kier molecular flexibility index (Phi) is 1.04. The Balaban J connectivity index is 2.03. The maximum absolute atomic E-state index is 3.39. The maximum Gasteiger partial charge on any atom is 0.0254 e. The number of hydrogen-bond donors (Lipinski definition) is 1. The van der Waals surface area contributed by atoms with Crippen molar-refractivity contribution in [3.8, 4) is 0 Å². The fourth-order valence-corrected chi connectivity index (χ4v) is 1.72. The Morgan fingerprint density at radius 2 is 1.88 bits per heavy atom. The van der Waals surface area contributed by atoms with E-state index in [0.29, 0.717) is 0 Å². The van der Waals surface area contributed by atoms with Gasteiger partial charge in [-0.1, -0.05) is 0 Å². The van der Waals surface area contributed by atoms with Gasteiger partial charge in [0.2, 0.25) is 0 Å². The van der Waals surface area contributed by atoms with Crippen LogP contribution in [0.4, 0.5) is 0 Å². The first-order valence-electron chi connectivity index (χ1n) is 3.54. The second-order valence-corrected chi connectivity index (χ2v) is 2.95. The summed E-state index contributed by atoms with van der Waals surface area (Å²) >= 11 is 0. The Morgan fingerprint density at radius 1 is 1.12 bits per heavy atom. The van der Waals surface area contributed by atoms with E-state index >= 15 is 0 Å². The van der Waals surface area contributed by atoms with Crippen LogP contribution in [0.25, 0.3) is 0 Å². The maximum atomic E-state index is 3.39. The van der Waals surface area contributed by atoms with E-state index in [9.17, 15) is 0 Å².